The van der Waals surface area contributed by atoms with Crippen molar-refractivity contribution >= 4 is 34.0 Å². The summed E-state index contributed by atoms with van der Waals surface area (Å²) >= 11 is 6.53. The van der Waals surface area contributed by atoms with Crippen LogP contribution in [-0.4, -0.2) is 23.1 Å². The van der Waals surface area contributed by atoms with Crippen LogP contribution in [0.25, 0.3) is 33.3 Å². The fourth-order valence-corrected chi connectivity index (χ4v) is 3.85. The van der Waals surface area contributed by atoms with Gasteiger partial charge in [-0.15, -0.1) is 0 Å². The lowest BCUT2D eigenvalue weighted by molar-refractivity contribution is 0.0957. The van der Waals surface area contributed by atoms with Gasteiger partial charge in [-0.25, -0.2) is 0 Å². The Labute approximate surface area is 189 Å². The molecule has 0 spiro atoms. The van der Waals surface area contributed by atoms with Gasteiger partial charge in [0.25, 0.3) is 5.91 Å². The lowest BCUT2D eigenvalue weighted by Crippen LogP contribution is -2.25. The minimum atomic E-state index is -0.307. The Kier molecular flexibility index (Phi) is 5.17. The van der Waals surface area contributed by atoms with Gasteiger partial charge in [0, 0.05) is 41.5 Å². The number of pyridine rings is 1. The Morgan fingerprint density at radius 2 is 1.72 bits per heavy atom. The number of amides is 1. The highest BCUT2D eigenvalue weighted by Crippen LogP contribution is 2.35. The van der Waals surface area contributed by atoms with Gasteiger partial charge in [-0.3, -0.25) is 9.78 Å². The molecular formula is C26H18ClN3O2. The fourth-order valence-electron chi connectivity index (χ4n) is 3.64. The summed E-state index contributed by atoms with van der Waals surface area (Å²) in [6, 6.07) is 26.6. The number of hydrogen-bond donors (Lipinski definition) is 0. The largest absolute Gasteiger partial charge is 0.350 e. The maximum Gasteiger partial charge on any atom is 0.296 e. The molecule has 0 radical (unpaired) electrons. The fraction of sp³-hybridized carbons (Fsp3) is 0.0385. The van der Waals surface area contributed by atoms with Crippen LogP contribution < -0.4 is 4.90 Å². The molecule has 2 heterocycles. The molecule has 6 heteroatoms. The van der Waals surface area contributed by atoms with E-state index in [-0.39, 0.29) is 11.7 Å². The van der Waals surface area contributed by atoms with Gasteiger partial charge in [-0.1, -0.05) is 71.4 Å². The van der Waals surface area contributed by atoms with Gasteiger partial charge in [0.15, 0.2) is 0 Å². The van der Waals surface area contributed by atoms with Gasteiger partial charge in [0.05, 0.1) is 10.7 Å². The van der Waals surface area contributed by atoms with Crippen molar-refractivity contribution < 1.29 is 9.32 Å². The lowest BCUT2D eigenvalue weighted by Gasteiger charge is -2.17. The third kappa shape index (κ3) is 3.63. The molecule has 0 fully saturated rings. The average molecular weight is 440 g/mol. The molecule has 0 bridgehead atoms. The average Bonchev–Trinajstić information content (AvgIpc) is 3.34. The molecule has 0 atom stereocenters. The van der Waals surface area contributed by atoms with Crippen LogP contribution in [0.5, 0.6) is 0 Å². The molecule has 2 aromatic heterocycles. The van der Waals surface area contributed by atoms with Crippen LogP contribution in [0.2, 0.25) is 5.02 Å². The Morgan fingerprint density at radius 3 is 2.56 bits per heavy atom. The van der Waals surface area contributed by atoms with E-state index in [1.54, 1.807) is 31.4 Å². The molecule has 5 aromatic rings. The SMILES string of the molecule is CN(C(=O)c1cc(-c2ccccc2)no1)c1ccc(Cl)c(-c2nccc3ccccc23)c1. The second kappa shape index (κ2) is 8.29. The highest BCUT2D eigenvalue weighted by Gasteiger charge is 2.21. The standard InChI is InChI=1S/C26H18ClN3O2/c1-30(26(31)24-16-23(29-32-24)18-8-3-2-4-9-18)19-11-12-22(27)21(15-19)25-20-10-6-5-7-17(20)13-14-28-25/h2-16H,1H3. The van der Waals surface area contributed by atoms with Crippen LogP contribution in [-0.2, 0) is 0 Å². The Bertz CT molecular complexity index is 1420. The molecule has 0 saturated heterocycles. The van der Waals surface area contributed by atoms with Crippen LogP contribution in [0, 0.1) is 0 Å². The zero-order chi connectivity index (χ0) is 22.1. The lowest BCUT2D eigenvalue weighted by atomic mass is 10.0. The molecule has 156 valence electrons. The summed E-state index contributed by atoms with van der Waals surface area (Å²) in [6.07, 6.45) is 1.76. The number of carbonyl (C=O) groups is 1. The second-order valence-corrected chi connectivity index (χ2v) is 7.76. The topological polar surface area (TPSA) is 59.2 Å². The normalized spacial score (nSPS) is 10.9. The molecule has 0 aliphatic heterocycles. The van der Waals surface area contributed by atoms with Crippen molar-refractivity contribution in [1.82, 2.24) is 10.1 Å². The zero-order valence-corrected chi connectivity index (χ0v) is 18.0. The number of fused-ring (bicyclic) bond motifs is 1. The first-order valence-corrected chi connectivity index (χ1v) is 10.4. The minimum Gasteiger partial charge on any atom is -0.350 e. The van der Waals surface area contributed by atoms with Gasteiger partial charge in [-0.2, -0.15) is 0 Å². The van der Waals surface area contributed by atoms with Crippen molar-refractivity contribution in [2.75, 3.05) is 11.9 Å². The van der Waals surface area contributed by atoms with E-state index >= 15 is 0 Å². The molecule has 32 heavy (non-hydrogen) atoms. The highest BCUT2D eigenvalue weighted by atomic mass is 35.5. The minimum absolute atomic E-state index is 0.158. The number of rotatable bonds is 4. The molecule has 0 aliphatic rings. The van der Waals surface area contributed by atoms with Crippen molar-refractivity contribution in [3.8, 4) is 22.5 Å². The van der Waals surface area contributed by atoms with Crippen LogP contribution >= 0.6 is 11.6 Å². The number of anilines is 1. The summed E-state index contributed by atoms with van der Waals surface area (Å²) in [5.41, 5.74) is 3.68. The van der Waals surface area contributed by atoms with Crippen molar-refractivity contribution in [2.45, 2.75) is 0 Å². The van der Waals surface area contributed by atoms with E-state index in [4.69, 9.17) is 16.1 Å². The Morgan fingerprint density at radius 1 is 0.938 bits per heavy atom. The number of carbonyl (C=O) groups excluding carboxylic acids is 1. The van der Waals surface area contributed by atoms with Gasteiger partial charge in [-0.05, 0) is 29.7 Å². The number of halogens is 1. The van der Waals surface area contributed by atoms with Crippen molar-refractivity contribution in [3.63, 3.8) is 0 Å². The number of aromatic nitrogens is 2. The predicted octanol–water partition coefficient (Wildman–Crippen LogP) is 6.49. The summed E-state index contributed by atoms with van der Waals surface area (Å²) in [6.45, 7) is 0. The first kappa shape index (κ1) is 20.0. The Balaban J connectivity index is 1.49. The van der Waals surface area contributed by atoms with Gasteiger partial charge < -0.3 is 9.42 Å². The predicted molar refractivity (Wildman–Crippen MR) is 127 cm³/mol. The smallest absolute Gasteiger partial charge is 0.296 e. The van der Waals surface area contributed by atoms with E-state index in [0.717, 1.165) is 27.6 Å². The molecule has 3 aromatic carbocycles. The van der Waals surface area contributed by atoms with Crippen LogP contribution in [0.15, 0.2) is 95.6 Å². The quantitative estimate of drug-likeness (QED) is 0.321. The van der Waals surface area contributed by atoms with E-state index in [1.807, 2.05) is 66.7 Å². The highest BCUT2D eigenvalue weighted by molar-refractivity contribution is 6.33. The van der Waals surface area contributed by atoms with E-state index in [1.165, 1.54) is 4.90 Å². The summed E-state index contributed by atoms with van der Waals surface area (Å²) in [4.78, 5) is 19.2. The third-order valence-corrected chi connectivity index (χ3v) is 5.69. The van der Waals surface area contributed by atoms with Crippen LogP contribution in [0.3, 0.4) is 0 Å². The first-order valence-electron chi connectivity index (χ1n) is 10.1. The molecule has 0 N–H and O–H groups in total. The van der Waals surface area contributed by atoms with Crippen molar-refractivity contribution in [3.05, 3.63) is 102 Å². The summed E-state index contributed by atoms with van der Waals surface area (Å²) in [5.74, 6) is -0.148. The number of nitrogens with zero attached hydrogens (tertiary/aromatic N) is 3. The Hall–Kier alpha value is -3.96. The van der Waals surface area contributed by atoms with Gasteiger partial charge in [0.2, 0.25) is 5.76 Å². The zero-order valence-electron chi connectivity index (χ0n) is 17.2. The summed E-state index contributed by atoms with van der Waals surface area (Å²) in [7, 11) is 1.69. The second-order valence-electron chi connectivity index (χ2n) is 7.35. The molecule has 1 amide bonds. The maximum absolute atomic E-state index is 13.1. The third-order valence-electron chi connectivity index (χ3n) is 5.36. The first-order chi connectivity index (χ1) is 15.6. The molecule has 0 aliphatic carbocycles. The van der Waals surface area contributed by atoms with Gasteiger partial charge in [0.1, 0.15) is 5.69 Å². The van der Waals surface area contributed by atoms with Crippen molar-refractivity contribution in [1.29, 1.82) is 0 Å². The summed E-state index contributed by atoms with van der Waals surface area (Å²) in [5, 5.41) is 6.66. The van der Waals surface area contributed by atoms with E-state index in [2.05, 4.69) is 10.1 Å². The van der Waals surface area contributed by atoms with E-state index < -0.39 is 0 Å². The van der Waals surface area contributed by atoms with Gasteiger partial charge >= 0.3 is 0 Å². The maximum atomic E-state index is 13.1. The molecule has 5 nitrogen and oxygen atoms in total. The molecule has 5 rings (SSSR count). The monoisotopic (exact) mass is 439 g/mol. The van der Waals surface area contributed by atoms with Crippen LogP contribution in [0.1, 0.15) is 10.6 Å². The van der Waals surface area contributed by atoms with Crippen molar-refractivity contribution in [2.24, 2.45) is 0 Å². The summed E-state index contributed by atoms with van der Waals surface area (Å²) < 4.78 is 5.34. The number of hydrogen-bond acceptors (Lipinski definition) is 4. The van der Waals surface area contributed by atoms with Crippen LogP contribution in [0.4, 0.5) is 5.69 Å². The van der Waals surface area contributed by atoms with E-state index in [9.17, 15) is 4.79 Å². The molecular weight excluding hydrogens is 422 g/mol. The number of benzene rings is 3. The molecule has 0 saturated carbocycles. The molecule has 0 unspecified atom stereocenters. The van der Waals surface area contributed by atoms with E-state index in [0.29, 0.717) is 16.4 Å².